The van der Waals surface area contributed by atoms with Gasteiger partial charge in [-0.2, -0.15) is 0 Å². The normalized spacial score (nSPS) is 8.36. The van der Waals surface area contributed by atoms with Crippen LogP contribution in [-0.2, 0) is 16.0 Å². The van der Waals surface area contributed by atoms with Crippen molar-refractivity contribution in [1.82, 2.24) is 5.32 Å². The van der Waals surface area contributed by atoms with Gasteiger partial charge in [-0.25, -0.2) is 20.4 Å². The van der Waals surface area contributed by atoms with Crippen LogP contribution in [0.2, 0.25) is 0 Å². The van der Waals surface area contributed by atoms with Crippen LogP contribution in [0.15, 0.2) is 60.7 Å². The van der Waals surface area contributed by atoms with E-state index in [1.165, 1.54) is 49.9 Å². The monoisotopic (exact) mass is 383 g/mol. The minimum atomic E-state index is 0.750. The van der Waals surface area contributed by atoms with Crippen LogP contribution in [0.4, 0.5) is 0 Å². The van der Waals surface area contributed by atoms with Crippen LogP contribution in [0.5, 0.6) is 0 Å². The summed E-state index contributed by atoms with van der Waals surface area (Å²) in [6.07, 6.45) is 7.79. The van der Waals surface area contributed by atoms with E-state index in [2.05, 4.69) is 79.8 Å². The van der Waals surface area contributed by atoms with Gasteiger partial charge in [0.2, 0.25) is 12.2 Å². The Labute approximate surface area is 169 Å². The van der Waals surface area contributed by atoms with E-state index in [-0.39, 0.29) is 0 Å². The minimum Gasteiger partial charge on any atom is -0.317 e. The molecule has 28 heavy (non-hydrogen) atoms. The summed E-state index contributed by atoms with van der Waals surface area (Å²) >= 11 is 0. The third-order valence-corrected chi connectivity index (χ3v) is 3.51. The van der Waals surface area contributed by atoms with Gasteiger partial charge in [-0.05, 0) is 43.5 Å². The molecule has 0 fully saturated rings. The number of benzene rings is 2. The Bertz CT molecular complexity index is 563. The Morgan fingerprint density at radius 1 is 0.714 bits per heavy atom. The zero-order valence-electron chi connectivity index (χ0n) is 17.0. The molecule has 0 spiro atoms. The Kier molecular flexibility index (Phi) is 23.6. The summed E-state index contributed by atoms with van der Waals surface area (Å²) in [5.41, 5.74) is 2.74. The highest BCUT2D eigenvalue weighted by Crippen LogP contribution is 2.07. The second-order valence-corrected chi connectivity index (χ2v) is 5.81. The van der Waals surface area contributed by atoms with Crippen LogP contribution in [0, 0.1) is 10.8 Å². The van der Waals surface area contributed by atoms with E-state index < -0.39 is 0 Å². The van der Waals surface area contributed by atoms with Crippen LogP contribution < -0.4 is 5.32 Å². The van der Waals surface area contributed by atoms with Crippen LogP contribution >= 0.6 is 0 Å². The molecule has 0 saturated heterocycles. The van der Waals surface area contributed by atoms with Crippen molar-refractivity contribution < 1.29 is 9.59 Å². The maximum Gasteiger partial charge on any atom is 0.231 e. The summed E-state index contributed by atoms with van der Waals surface area (Å²) in [7, 11) is 0. The first kappa shape index (κ1) is 27.4. The molecule has 0 aliphatic heterocycles. The zero-order chi connectivity index (χ0) is 21.3. The predicted octanol–water partition coefficient (Wildman–Crippen LogP) is 5.26. The molecule has 2 aromatic rings. The molecule has 0 atom stereocenters. The van der Waals surface area contributed by atoms with Gasteiger partial charge in [0.1, 0.15) is 0 Å². The fourth-order valence-electron chi connectivity index (χ4n) is 2.16. The van der Waals surface area contributed by atoms with Crippen molar-refractivity contribution in [3.05, 3.63) is 71.8 Å². The lowest BCUT2D eigenvalue weighted by Crippen LogP contribution is -2.15. The topological polar surface area (TPSA) is 93.9 Å². The van der Waals surface area contributed by atoms with E-state index in [9.17, 15) is 0 Å². The number of isocyanates is 2. The second kappa shape index (κ2) is 24.2. The van der Waals surface area contributed by atoms with E-state index in [1.807, 2.05) is 0 Å². The minimum absolute atomic E-state index is 0.750. The number of nitrogens with one attached hydrogen (secondary N) is 3. The zero-order valence-corrected chi connectivity index (χ0v) is 17.0. The summed E-state index contributed by atoms with van der Waals surface area (Å²) in [6.45, 7) is 6.86. The summed E-state index contributed by atoms with van der Waals surface area (Å²) in [5.74, 6) is 0. The van der Waals surface area contributed by atoms with Crippen molar-refractivity contribution in [2.75, 3.05) is 13.1 Å². The Morgan fingerprint density at radius 2 is 1.04 bits per heavy atom. The molecule has 0 unspecified atom stereocenters. The maximum absolute atomic E-state index is 8.35. The van der Waals surface area contributed by atoms with Gasteiger partial charge in [0, 0.05) is 0 Å². The number of hydrogen-bond acceptors (Lipinski definition) is 5. The van der Waals surface area contributed by atoms with Crippen molar-refractivity contribution >= 4 is 12.2 Å². The van der Waals surface area contributed by atoms with E-state index in [0.29, 0.717) is 0 Å². The smallest absolute Gasteiger partial charge is 0.231 e. The second-order valence-electron chi connectivity index (χ2n) is 5.81. The SMILES string of the molecule is CCCCNCCCC.N=C=O.N=C=O.c1ccc(Cc2ccccc2)cc1. The van der Waals surface area contributed by atoms with Crippen LogP contribution in [-0.4, -0.2) is 25.2 Å². The molecule has 0 aliphatic carbocycles. The van der Waals surface area contributed by atoms with Crippen molar-refractivity contribution in [3.8, 4) is 0 Å². The third-order valence-electron chi connectivity index (χ3n) is 3.51. The summed E-state index contributed by atoms with van der Waals surface area (Å²) < 4.78 is 0. The van der Waals surface area contributed by atoms with Gasteiger partial charge in [-0.3, -0.25) is 0 Å². The number of unbranched alkanes of at least 4 members (excludes halogenated alkanes) is 2. The molecule has 0 heterocycles. The van der Waals surface area contributed by atoms with Crippen molar-refractivity contribution in [1.29, 1.82) is 10.8 Å². The lowest BCUT2D eigenvalue weighted by atomic mass is 10.1. The summed E-state index contributed by atoms with van der Waals surface area (Å²) in [5, 5.41) is 14.2. The van der Waals surface area contributed by atoms with Crippen LogP contribution in [0.1, 0.15) is 50.7 Å². The van der Waals surface area contributed by atoms with Crippen molar-refractivity contribution in [3.63, 3.8) is 0 Å². The lowest BCUT2D eigenvalue weighted by molar-refractivity contribution is 0.562. The quantitative estimate of drug-likeness (QED) is 0.330. The van der Waals surface area contributed by atoms with Crippen molar-refractivity contribution in [2.24, 2.45) is 0 Å². The molecule has 3 N–H and O–H groups in total. The maximum atomic E-state index is 8.35. The average molecular weight is 384 g/mol. The number of carbonyl (C=O) groups excluding carboxylic acids is 2. The molecule has 152 valence electrons. The molecule has 2 rings (SSSR count). The molecule has 0 saturated carbocycles. The highest BCUT2D eigenvalue weighted by molar-refractivity contribution is 5.26. The first-order valence-corrected chi connectivity index (χ1v) is 9.56. The molecule has 5 nitrogen and oxygen atoms in total. The molecular weight excluding hydrogens is 350 g/mol. The van der Waals surface area contributed by atoms with Gasteiger partial charge in [-0.1, -0.05) is 87.4 Å². The van der Waals surface area contributed by atoms with E-state index in [0.717, 1.165) is 18.6 Å². The highest BCUT2D eigenvalue weighted by atomic mass is 16.1. The van der Waals surface area contributed by atoms with Crippen molar-refractivity contribution in [2.45, 2.75) is 46.0 Å². The third kappa shape index (κ3) is 21.2. The fraction of sp³-hybridized carbons (Fsp3) is 0.391. The highest BCUT2D eigenvalue weighted by Gasteiger charge is 1.92. The Balaban J connectivity index is 0. The Morgan fingerprint density at radius 3 is 1.32 bits per heavy atom. The van der Waals surface area contributed by atoms with Gasteiger partial charge in [0.05, 0.1) is 0 Å². The molecule has 0 aromatic heterocycles. The van der Waals surface area contributed by atoms with E-state index in [1.54, 1.807) is 0 Å². The lowest BCUT2D eigenvalue weighted by Gasteiger charge is -2.00. The van der Waals surface area contributed by atoms with Gasteiger partial charge in [-0.15, -0.1) is 0 Å². The van der Waals surface area contributed by atoms with E-state index in [4.69, 9.17) is 20.4 Å². The average Bonchev–Trinajstić information content (AvgIpc) is 2.71. The molecule has 0 amide bonds. The van der Waals surface area contributed by atoms with Gasteiger partial charge in [0.25, 0.3) is 0 Å². The number of hydrogen-bond donors (Lipinski definition) is 3. The first-order valence-electron chi connectivity index (χ1n) is 9.56. The molecule has 5 heteroatoms. The fourth-order valence-corrected chi connectivity index (χ4v) is 2.16. The first-order chi connectivity index (χ1) is 13.7. The molecular formula is C23H33N3O2. The van der Waals surface area contributed by atoms with Gasteiger partial charge in [0.15, 0.2) is 0 Å². The van der Waals surface area contributed by atoms with Gasteiger partial charge >= 0.3 is 0 Å². The standard InChI is InChI=1S/C13H12.C8H19N.2CHNO/c1-3-7-12(8-4-1)11-13-9-5-2-6-10-13;1-3-5-7-9-8-6-4-2;2*2-1-3/h1-10H,11H2;9H,3-8H2,1-2H3;2*2H. The largest absolute Gasteiger partial charge is 0.317 e. The summed E-state index contributed by atoms with van der Waals surface area (Å²) in [6, 6.07) is 21.1. The van der Waals surface area contributed by atoms with Gasteiger partial charge < -0.3 is 5.32 Å². The molecule has 0 bridgehead atoms. The molecule has 0 aliphatic rings. The predicted molar refractivity (Wildman–Crippen MR) is 115 cm³/mol. The van der Waals surface area contributed by atoms with Crippen LogP contribution in [0.3, 0.4) is 0 Å². The Hall–Kier alpha value is -2.84. The molecule has 2 aromatic carbocycles. The number of rotatable bonds is 8. The van der Waals surface area contributed by atoms with E-state index >= 15 is 0 Å². The molecule has 0 radical (unpaired) electrons. The summed E-state index contributed by atoms with van der Waals surface area (Å²) in [4.78, 5) is 16.7. The van der Waals surface area contributed by atoms with Crippen LogP contribution in [0.25, 0.3) is 0 Å².